The Morgan fingerprint density at radius 2 is 1.45 bits per heavy atom. The van der Waals surface area contributed by atoms with E-state index < -0.39 is 5.25 Å². The smallest absolute Gasteiger partial charge is 0.255 e. The minimum Gasteiger partial charge on any atom is -0.323 e. The highest BCUT2D eigenvalue weighted by molar-refractivity contribution is 8.00. The highest BCUT2D eigenvalue weighted by Gasteiger charge is 2.23. The van der Waals surface area contributed by atoms with Crippen molar-refractivity contribution in [3.8, 4) is 0 Å². The maximum atomic E-state index is 13.4. The minimum atomic E-state index is -0.572. The molecule has 0 heterocycles. The van der Waals surface area contributed by atoms with Gasteiger partial charge in [-0.05, 0) is 64.9 Å². The van der Waals surface area contributed by atoms with Gasteiger partial charge in [-0.25, -0.2) is 0 Å². The number of amides is 2. The molecule has 4 nitrogen and oxygen atoms in total. The molecule has 0 aromatic heterocycles. The Hall–Kier alpha value is -3.77. The molecule has 2 N–H and O–H groups in total. The topological polar surface area (TPSA) is 58.2 Å². The van der Waals surface area contributed by atoms with Crippen LogP contribution in [0.4, 0.5) is 11.4 Å². The highest BCUT2D eigenvalue weighted by Crippen LogP contribution is 2.38. The molecule has 0 aliphatic heterocycles. The summed E-state index contributed by atoms with van der Waals surface area (Å²) >= 11 is 13.8. The minimum absolute atomic E-state index is 0.203. The van der Waals surface area contributed by atoms with Crippen molar-refractivity contribution in [2.75, 3.05) is 10.6 Å². The molecule has 5 rings (SSSR count). The second-order valence-corrected chi connectivity index (χ2v) is 10.6. The van der Waals surface area contributed by atoms with Crippen LogP contribution in [-0.4, -0.2) is 11.8 Å². The molecule has 0 saturated heterocycles. The van der Waals surface area contributed by atoms with Crippen molar-refractivity contribution in [1.29, 1.82) is 0 Å². The van der Waals surface area contributed by atoms with Gasteiger partial charge in [0.25, 0.3) is 5.91 Å². The second kappa shape index (κ2) is 11.7. The molecule has 1 atom stereocenters. The number of carbonyl (C=O) groups is 2. The van der Waals surface area contributed by atoms with E-state index in [2.05, 4.69) is 10.6 Å². The van der Waals surface area contributed by atoms with Gasteiger partial charge in [-0.3, -0.25) is 9.59 Å². The lowest BCUT2D eigenvalue weighted by atomic mass is 10.1. The molecule has 0 bridgehead atoms. The highest BCUT2D eigenvalue weighted by atomic mass is 35.5. The van der Waals surface area contributed by atoms with Gasteiger partial charge in [-0.2, -0.15) is 0 Å². The number of hydrogen-bond acceptors (Lipinski definition) is 3. The lowest BCUT2D eigenvalue weighted by Crippen LogP contribution is -2.19. The van der Waals surface area contributed by atoms with Gasteiger partial charge in [0.1, 0.15) is 5.25 Å². The number of rotatable bonds is 7. The molecule has 2 amide bonds. The zero-order valence-corrected chi connectivity index (χ0v) is 22.4. The van der Waals surface area contributed by atoms with Crippen molar-refractivity contribution in [3.63, 3.8) is 0 Å². The standard InChI is InChI=1S/C31H22Cl2N2O2S/c32-24-15-16-27(33)28(18-24)35-31(37)29(21-8-2-1-3-9-21)38-26-12-6-11-25(19-26)34-30(36)23-14-13-20-7-4-5-10-22(20)17-23/h1-19,29H,(H,34,36)(H,35,37). The van der Waals surface area contributed by atoms with Crippen LogP contribution in [0.5, 0.6) is 0 Å². The molecule has 1 unspecified atom stereocenters. The lowest BCUT2D eigenvalue weighted by Gasteiger charge is -2.18. The van der Waals surface area contributed by atoms with E-state index in [1.165, 1.54) is 11.8 Å². The monoisotopic (exact) mass is 556 g/mol. The molecule has 38 heavy (non-hydrogen) atoms. The SMILES string of the molecule is O=C(Nc1cccc(SC(C(=O)Nc2cc(Cl)ccc2Cl)c2ccccc2)c1)c1ccc2ccccc2c1. The zero-order chi connectivity index (χ0) is 26.5. The quantitative estimate of drug-likeness (QED) is 0.197. The first-order chi connectivity index (χ1) is 18.5. The van der Waals surface area contributed by atoms with Gasteiger partial charge in [0.15, 0.2) is 0 Å². The van der Waals surface area contributed by atoms with Crippen molar-refractivity contribution < 1.29 is 9.59 Å². The molecular formula is C31H22Cl2N2O2S. The second-order valence-electron chi connectivity index (χ2n) is 8.57. The van der Waals surface area contributed by atoms with E-state index in [0.717, 1.165) is 21.2 Å². The lowest BCUT2D eigenvalue weighted by molar-refractivity contribution is -0.115. The van der Waals surface area contributed by atoms with E-state index in [4.69, 9.17) is 23.2 Å². The molecule has 7 heteroatoms. The number of hydrogen-bond donors (Lipinski definition) is 2. The van der Waals surface area contributed by atoms with Crippen LogP contribution in [0.1, 0.15) is 21.2 Å². The van der Waals surface area contributed by atoms with Crippen molar-refractivity contribution in [3.05, 3.63) is 136 Å². The third-order valence-electron chi connectivity index (χ3n) is 5.88. The molecule has 0 fully saturated rings. The average molecular weight is 558 g/mol. The molecule has 5 aromatic rings. The van der Waals surface area contributed by atoms with Gasteiger partial charge in [0.2, 0.25) is 5.91 Å². The molecule has 0 radical (unpaired) electrons. The van der Waals surface area contributed by atoms with E-state index in [9.17, 15) is 9.59 Å². The van der Waals surface area contributed by atoms with Crippen molar-refractivity contribution in [2.24, 2.45) is 0 Å². The Bertz CT molecular complexity index is 1630. The van der Waals surface area contributed by atoms with Crippen LogP contribution in [0.2, 0.25) is 10.0 Å². The number of nitrogens with one attached hydrogen (secondary N) is 2. The number of anilines is 2. The molecular weight excluding hydrogens is 535 g/mol. The van der Waals surface area contributed by atoms with E-state index in [1.54, 1.807) is 18.2 Å². The number of carbonyl (C=O) groups excluding carboxylic acids is 2. The maximum Gasteiger partial charge on any atom is 0.255 e. The normalized spacial score (nSPS) is 11.6. The molecule has 0 saturated carbocycles. The van der Waals surface area contributed by atoms with Crippen molar-refractivity contribution >= 4 is 68.9 Å². The molecule has 0 aliphatic rings. The van der Waals surface area contributed by atoms with Gasteiger partial charge in [0, 0.05) is 21.2 Å². The van der Waals surface area contributed by atoms with Crippen LogP contribution in [0, 0.1) is 0 Å². The Morgan fingerprint density at radius 1 is 0.684 bits per heavy atom. The van der Waals surface area contributed by atoms with Crippen LogP contribution in [0.15, 0.2) is 120 Å². The van der Waals surface area contributed by atoms with E-state index in [1.807, 2.05) is 97.1 Å². The maximum absolute atomic E-state index is 13.4. The van der Waals surface area contributed by atoms with Gasteiger partial charge >= 0.3 is 0 Å². The summed E-state index contributed by atoms with van der Waals surface area (Å²) in [7, 11) is 0. The fourth-order valence-electron chi connectivity index (χ4n) is 4.01. The van der Waals surface area contributed by atoms with E-state index >= 15 is 0 Å². The van der Waals surface area contributed by atoms with Gasteiger partial charge in [0.05, 0.1) is 10.7 Å². The average Bonchev–Trinajstić information content (AvgIpc) is 2.94. The summed E-state index contributed by atoms with van der Waals surface area (Å²) in [5.41, 5.74) is 2.49. The van der Waals surface area contributed by atoms with Gasteiger partial charge < -0.3 is 10.6 Å². The summed E-state index contributed by atoms with van der Waals surface area (Å²) in [6.45, 7) is 0. The first-order valence-electron chi connectivity index (χ1n) is 11.8. The van der Waals surface area contributed by atoms with Crippen LogP contribution in [-0.2, 0) is 4.79 Å². The number of thioether (sulfide) groups is 1. The van der Waals surface area contributed by atoms with Crippen molar-refractivity contribution in [1.82, 2.24) is 0 Å². The molecule has 0 aliphatic carbocycles. The summed E-state index contributed by atoms with van der Waals surface area (Å²) in [6.07, 6.45) is 0. The summed E-state index contributed by atoms with van der Waals surface area (Å²) in [5.74, 6) is -0.443. The first kappa shape index (κ1) is 25.9. The van der Waals surface area contributed by atoms with E-state index in [0.29, 0.717) is 27.0 Å². The van der Waals surface area contributed by atoms with Gasteiger partial charge in [-0.15, -0.1) is 11.8 Å². The summed E-state index contributed by atoms with van der Waals surface area (Å²) in [4.78, 5) is 27.2. The molecule has 188 valence electrons. The van der Waals surface area contributed by atoms with Crippen LogP contribution in [0.3, 0.4) is 0 Å². The largest absolute Gasteiger partial charge is 0.323 e. The first-order valence-corrected chi connectivity index (χ1v) is 13.5. The van der Waals surface area contributed by atoms with E-state index in [-0.39, 0.29) is 11.8 Å². The summed E-state index contributed by atoms with van der Waals surface area (Å²) in [6, 6.07) is 35.4. The Kier molecular flexibility index (Phi) is 7.99. The van der Waals surface area contributed by atoms with Crippen LogP contribution < -0.4 is 10.6 Å². The number of benzene rings is 5. The number of halogens is 2. The number of fused-ring (bicyclic) bond motifs is 1. The predicted octanol–water partition coefficient (Wildman–Crippen LogP) is 8.87. The predicted molar refractivity (Wildman–Crippen MR) is 158 cm³/mol. The Labute approximate surface area is 235 Å². The van der Waals surface area contributed by atoms with Crippen molar-refractivity contribution in [2.45, 2.75) is 10.1 Å². The third-order valence-corrected chi connectivity index (χ3v) is 7.70. The fraction of sp³-hybridized carbons (Fsp3) is 0.0323. The Morgan fingerprint density at radius 3 is 2.26 bits per heavy atom. The van der Waals surface area contributed by atoms with Crippen LogP contribution >= 0.6 is 35.0 Å². The molecule has 0 spiro atoms. The van der Waals surface area contributed by atoms with Crippen LogP contribution in [0.25, 0.3) is 10.8 Å². The third kappa shape index (κ3) is 6.20. The zero-order valence-electron chi connectivity index (χ0n) is 20.0. The summed E-state index contributed by atoms with van der Waals surface area (Å²) < 4.78 is 0. The fourth-order valence-corrected chi connectivity index (χ4v) is 5.43. The van der Waals surface area contributed by atoms with Gasteiger partial charge in [-0.1, -0.05) is 89.9 Å². The molecule has 5 aromatic carbocycles. The Balaban J connectivity index is 1.36. The summed E-state index contributed by atoms with van der Waals surface area (Å²) in [5, 5.41) is 8.26.